The second-order valence-corrected chi connectivity index (χ2v) is 16.2. The zero-order valence-corrected chi connectivity index (χ0v) is 32.5. The third kappa shape index (κ3) is 7.20. The predicted octanol–water partition coefficient (Wildman–Crippen LogP) is 5.79. The van der Waals surface area contributed by atoms with Crippen molar-refractivity contribution >= 4 is 29.1 Å². The summed E-state index contributed by atoms with van der Waals surface area (Å²) in [4.78, 5) is 45.5. The van der Waals surface area contributed by atoms with Gasteiger partial charge in [-0.3, -0.25) is 24.6 Å². The SMILES string of the molecule is COc1cccc(C2COc3cc(O)ccc3[C@H]2c2cc(F)c(N3CCC(CN4CCN(c5ccc6c(c5)CN(C5CCC(=O)NC5=O)C6=O)CC4)CC3)c(F)c2)c1. The van der Waals surface area contributed by atoms with Crippen molar-refractivity contribution in [2.24, 2.45) is 5.92 Å². The zero-order valence-electron chi connectivity index (χ0n) is 32.5. The van der Waals surface area contributed by atoms with E-state index in [0.29, 0.717) is 54.6 Å². The smallest absolute Gasteiger partial charge is 0.255 e. The number of benzene rings is 4. The van der Waals surface area contributed by atoms with Crippen LogP contribution in [0, 0.1) is 17.6 Å². The molecule has 0 spiro atoms. The third-order valence-electron chi connectivity index (χ3n) is 12.8. The van der Waals surface area contributed by atoms with E-state index in [0.717, 1.165) is 67.9 Å². The molecule has 3 atom stereocenters. The molecule has 9 rings (SSSR count). The lowest BCUT2D eigenvalue weighted by Gasteiger charge is -2.40. The number of piperazine rings is 1. The first-order valence-electron chi connectivity index (χ1n) is 20.2. The number of piperidine rings is 2. The van der Waals surface area contributed by atoms with Crippen LogP contribution >= 0.6 is 0 Å². The van der Waals surface area contributed by atoms with Gasteiger partial charge in [-0.15, -0.1) is 0 Å². The number of phenols is 1. The van der Waals surface area contributed by atoms with Gasteiger partial charge in [0, 0.05) is 93.5 Å². The van der Waals surface area contributed by atoms with Crippen molar-refractivity contribution in [2.45, 2.75) is 50.1 Å². The minimum absolute atomic E-state index is 0.0167. The summed E-state index contributed by atoms with van der Waals surface area (Å²) in [6, 6.07) is 20.8. The molecular formula is C45H47F2N5O6. The Labute approximate surface area is 336 Å². The first-order valence-corrected chi connectivity index (χ1v) is 20.2. The second kappa shape index (κ2) is 15.6. The van der Waals surface area contributed by atoms with E-state index in [4.69, 9.17) is 9.47 Å². The lowest BCUT2D eigenvalue weighted by molar-refractivity contribution is -0.136. The van der Waals surface area contributed by atoms with Crippen LogP contribution in [0.4, 0.5) is 20.2 Å². The molecule has 0 saturated carbocycles. The number of carbonyl (C=O) groups excluding carboxylic acids is 3. The van der Waals surface area contributed by atoms with Gasteiger partial charge in [-0.1, -0.05) is 18.2 Å². The van der Waals surface area contributed by atoms with Gasteiger partial charge in [-0.25, -0.2) is 8.78 Å². The summed E-state index contributed by atoms with van der Waals surface area (Å²) >= 11 is 0. The highest BCUT2D eigenvalue weighted by molar-refractivity contribution is 6.05. The number of anilines is 2. The molecule has 4 aromatic rings. The fraction of sp³-hybridized carbons (Fsp3) is 0.400. The molecule has 302 valence electrons. The molecule has 11 nitrogen and oxygen atoms in total. The van der Waals surface area contributed by atoms with Gasteiger partial charge in [0.15, 0.2) is 0 Å². The Bertz CT molecular complexity index is 2230. The van der Waals surface area contributed by atoms with Crippen molar-refractivity contribution in [2.75, 3.05) is 69.3 Å². The number of ether oxygens (including phenoxy) is 2. The van der Waals surface area contributed by atoms with E-state index in [-0.39, 0.29) is 42.2 Å². The topological polar surface area (TPSA) is 115 Å². The van der Waals surface area contributed by atoms with Crippen LogP contribution in [0.5, 0.6) is 17.2 Å². The Hall–Kier alpha value is -5.69. The third-order valence-corrected chi connectivity index (χ3v) is 12.8. The van der Waals surface area contributed by atoms with E-state index in [1.54, 1.807) is 30.2 Å². The van der Waals surface area contributed by atoms with Crippen LogP contribution in [-0.2, 0) is 16.1 Å². The van der Waals surface area contributed by atoms with E-state index >= 15 is 8.78 Å². The molecule has 5 aliphatic heterocycles. The van der Waals surface area contributed by atoms with Crippen LogP contribution in [0.1, 0.15) is 70.1 Å². The highest BCUT2D eigenvalue weighted by Crippen LogP contribution is 2.48. The van der Waals surface area contributed by atoms with Gasteiger partial charge in [0.05, 0.1) is 13.7 Å². The molecule has 0 aliphatic carbocycles. The van der Waals surface area contributed by atoms with E-state index < -0.39 is 29.5 Å². The Kier molecular flexibility index (Phi) is 10.2. The zero-order chi connectivity index (χ0) is 40.1. The maximum absolute atomic E-state index is 16.2. The predicted molar refractivity (Wildman–Crippen MR) is 214 cm³/mol. The first kappa shape index (κ1) is 37.9. The van der Waals surface area contributed by atoms with Crippen LogP contribution < -0.4 is 24.6 Å². The number of imide groups is 1. The number of rotatable bonds is 8. The van der Waals surface area contributed by atoms with Crippen molar-refractivity contribution in [3.63, 3.8) is 0 Å². The molecule has 13 heteroatoms. The number of hydrogen-bond donors (Lipinski definition) is 2. The highest BCUT2D eigenvalue weighted by atomic mass is 19.1. The van der Waals surface area contributed by atoms with Gasteiger partial charge in [-0.05, 0) is 90.4 Å². The minimum atomic E-state index is -0.632. The van der Waals surface area contributed by atoms with E-state index in [1.807, 2.05) is 41.3 Å². The Morgan fingerprint density at radius 2 is 1.62 bits per heavy atom. The average molecular weight is 792 g/mol. The van der Waals surface area contributed by atoms with Gasteiger partial charge in [0.1, 0.15) is 40.6 Å². The first-order chi connectivity index (χ1) is 28.1. The quantitative estimate of drug-likeness (QED) is 0.214. The number of carbonyl (C=O) groups is 3. The van der Waals surface area contributed by atoms with Gasteiger partial charge in [0.25, 0.3) is 5.91 Å². The molecule has 0 radical (unpaired) electrons. The number of fused-ring (bicyclic) bond motifs is 2. The number of halogens is 2. The molecule has 2 unspecified atom stereocenters. The van der Waals surface area contributed by atoms with Gasteiger partial charge in [0.2, 0.25) is 11.8 Å². The minimum Gasteiger partial charge on any atom is -0.508 e. The molecule has 3 saturated heterocycles. The monoisotopic (exact) mass is 791 g/mol. The Morgan fingerprint density at radius 3 is 2.36 bits per heavy atom. The van der Waals surface area contributed by atoms with E-state index in [1.165, 1.54) is 12.1 Å². The Morgan fingerprint density at radius 1 is 0.845 bits per heavy atom. The largest absolute Gasteiger partial charge is 0.508 e. The number of hydrogen-bond acceptors (Lipinski definition) is 9. The molecule has 5 heterocycles. The van der Waals surface area contributed by atoms with Crippen molar-refractivity contribution in [3.05, 3.63) is 112 Å². The maximum Gasteiger partial charge on any atom is 0.255 e. The molecule has 0 bridgehead atoms. The van der Waals surface area contributed by atoms with Crippen LogP contribution in [-0.4, -0.2) is 98.2 Å². The summed E-state index contributed by atoms with van der Waals surface area (Å²) in [6.45, 7) is 6.11. The van der Waals surface area contributed by atoms with Crippen LogP contribution in [0.3, 0.4) is 0 Å². The standard InChI is InChI=1S/C45H47F2N5O6/c1-57-33-4-2-3-28(20-33)36-26-58-40-23-32(53)6-8-35(40)42(36)29-21-37(46)43(38(47)22-29)51-13-11-27(12-14-51)24-49-15-17-50(18-16-49)31-5-7-34-30(19-31)25-52(45(34)56)39-9-10-41(54)48-44(39)55/h2-8,19-23,27,36,39,42,53H,9-18,24-26H2,1H3,(H,48,54,55)/t36?,39?,42-/m1/s1. The molecule has 58 heavy (non-hydrogen) atoms. The molecule has 4 aromatic carbocycles. The Balaban J connectivity index is 0.818. The van der Waals surface area contributed by atoms with Crippen LogP contribution in [0.25, 0.3) is 0 Å². The van der Waals surface area contributed by atoms with Crippen molar-refractivity contribution in [3.8, 4) is 17.2 Å². The fourth-order valence-electron chi connectivity index (χ4n) is 9.69. The molecule has 3 amide bonds. The van der Waals surface area contributed by atoms with E-state index in [9.17, 15) is 19.5 Å². The highest BCUT2D eigenvalue weighted by Gasteiger charge is 2.40. The molecule has 0 aromatic heterocycles. The molecule has 3 fully saturated rings. The molecule has 2 N–H and O–H groups in total. The van der Waals surface area contributed by atoms with Crippen molar-refractivity contribution < 1.29 is 37.7 Å². The fourth-order valence-corrected chi connectivity index (χ4v) is 9.69. The number of phenolic OH excluding ortho intramolecular Hbond substituents is 1. The summed E-state index contributed by atoms with van der Waals surface area (Å²) in [6.07, 6.45) is 2.23. The molecule has 5 aliphatic rings. The number of methoxy groups -OCH3 is 1. The molecular weight excluding hydrogens is 745 g/mol. The van der Waals surface area contributed by atoms with Gasteiger partial charge >= 0.3 is 0 Å². The number of nitrogens with zero attached hydrogens (tertiary/aromatic N) is 4. The van der Waals surface area contributed by atoms with Gasteiger partial charge in [-0.2, -0.15) is 0 Å². The van der Waals surface area contributed by atoms with Crippen molar-refractivity contribution in [1.82, 2.24) is 15.1 Å². The normalized spacial score (nSPS) is 22.7. The van der Waals surface area contributed by atoms with Crippen LogP contribution in [0.2, 0.25) is 0 Å². The summed E-state index contributed by atoms with van der Waals surface area (Å²) in [5, 5.41) is 12.5. The lowest BCUT2D eigenvalue weighted by atomic mass is 9.75. The average Bonchev–Trinajstić information content (AvgIpc) is 3.55. The lowest BCUT2D eigenvalue weighted by Crippen LogP contribution is -2.52. The summed E-state index contributed by atoms with van der Waals surface area (Å²) in [5.41, 5.74) is 4.78. The van der Waals surface area contributed by atoms with Crippen molar-refractivity contribution in [1.29, 1.82) is 0 Å². The second-order valence-electron chi connectivity index (χ2n) is 16.2. The van der Waals surface area contributed by atoms with E-state index in [2.05, 4.69) is 21.2 Å². The van der Waals surface area contributed by atoms with Gasteiger partial charge < -0.3 is 29.3 Å². The maximum atomic E-state index is 16.2. The summed E-state index contributed by atoms with van der Waals surface area (Å²) < 4.78 is 43.9. The van der Waals surface area contributed by atoms with Crippen LogP contribution in [0.15, 0.2) is 72.8 Å². The number of aromatic hydroxyl groups is 1. The summed E-state index contributed by atoms with van der Waals surface area (Å²) in [7, 11) is 1.60. The number of nitrogens with one attached hydrogen (secondary N) is 1. The summed E-state index contributed by atoms with van der Waals surface area (Å²) in [5.74, 6) is -1.04. The number of amides is 3.